The molecule has 172 valence electrons. The van der Waals surface area contributed by atoms with E-state index in [0.29, 0.717) is 18.8 Å². The zero-order valence-corrected chi connectivity index (χ0v) is 25.2. The summed E-state index contributed by atoms with van der Waals surface area (Å²) in [6.45, 7) is 3.08. The summed E-state index contributed by atoms with van der Waals surface area (Å²) in [4.78, 5) is 0. The summed E-state index contributed by atoms with van der Waals surface area (Å²) >= 11 is 0. The first-order valence-corrected chi connectivity index (χ1v) is 13.2. The average Bonchev–Trinajstić information content (AvgIpc) is 3.22. The molecule has 4 rings (SSSR count). The van der Waals surface area contributed by atoms with Crippen LogP contribution >= 0.6 is 0 Å². The maximum atomic E-state index is 13.7. The summed E-state index contributed by atoms with van der Waals surface area (Å²) in [6.07, 6.45) is 7.52. The van der Waals surface area contributed by atoms with Gasteiger partial charge >= 0.3 is 59.1 Å². The third kappa shape index (κ3) is 5.64. The van der Waals surface area contributed by atoms with Gasteiger partial charge in [0.2, 0.25) is 14.1 Å². The van der Waals surface area contributed by atoms with Gasteiger partial charge in [-0.25, -0.2) is 22.0 Å². The van der Waals surface area contributed by atoms with Gasteiger partial charge in [0.1, 0.15) is 0 Å². The van der Waals surface area contributed by atoms with E-state index in [1.165, 1.54) is 18.2 Å². The van der Waals surface area contributed by atoms with E-state index < -0.39 is 24.1 Å². The Kier molecular flexibility index (Phi) is 10.0. The Labute approximate surface area is 248 Å². The van der Waals surface area contributed by atoms with E-state index in [0.717, 1.165) is 22.3 Å². The van der Waals surface area contributed by atoms with Crippen LogP contribution in [0.2, 0.25) is 0 Å². The van der Waals surface area contributed by atoms with E-state index in [9.17, 15) is 16.8 Å². The monoisotopic (exact) mass is 519 g/mol. The molecular formula is C23H27N3Na2O4S2. The largest absolute Gasteiger partial charge is 1.00 e. The number of allylic oxidation sites excluding steroid dienone is 4. The molecule has 0 saturated carbocycles. The molecule has 7 nitrogen and oxygen atoms in total. The van der Waals surface area contributed by atoms with Crippen LogP contribution in [0.1, 0.15) is 31.5 Å². The number of rotatable bonds is 6. The van der Waals surface area contributed by atoms with Crippen molar-refractivity contribution in [1.82, 2.24) is 5.32 Å². The number of nitrogens with two attached hydrogens (primary N) is 1. The fourth-order valence-corrected chi connectivity index (χ4v) is 7.59. The summed E-state index contributed by atoms with van der Waals surface area (Å²) in [5.74, 6) is 0. The molecule has 4 N–H and O–H groups in total. The number of nitrogens with one attached hydrogen (secondary N) is 2. The minimum absolute atomic E-state index is 0. The number of anilines is 1. The van der Waals surface area contributed by atoms with Crippen LogP contribution in [-0.4, -0.2) is 20.9 Å². The molecule has 34 heavy (non-hydrogen) atoms. The van der Waals surface area contributed by atoms with E-state index in [2.05, 4.69) is 10.0 Å². The van der Waals surface area contributed by atoms with Gasteiger partial charge in [-0.2, -0.15) is 0 Å². The van der Waals surface area contributed by atoms with Crippen molar-refractivity contribution in [2.45, 2.75) is 30.5 Å². The van der Waals surface area contributed by atoms with Crippen molar-refractivity contribution in [1.29, 1.82) is 0 Å². The smallest absolute Gasteiger partial charge is 1.00 e. The fraction of sp³-hybridized carbons (Fsp3) is 0.217. The van der Waals surface area contributed by atoms with E-state index in [1.807, 2.05) is 37.3 Å². The minimum atomic E-state index is -4.58. The number of sulfonamides is 2. The molecule has 0 saturated heterocycles. The van der Waals surface area contributed by atoms with Gasteiger partial charge in [-0.1, -0.05) is 72.3 Å². The Morgan fingerprint density at radius 2 is 1.74 bits per heavy atom. The molecule has 1 atom stereocenters. The van der Waals surface area contributed by atoms with Crippen LogP contribution in [0.5, 0.6) is 0 Å². The van der Waals surface area contributed by atoms with Crippen LogP contribution in [0.4, 0.5) is 5.69 Å². The van der Waals surface area contributed by atoms with Gasteiger partial charge in [-0.3, -0.25) is 4.72 Å². The summed E-state index contributed by atoms with van der Waals surface area (Å²) < 4.78 is 53.3. The number of benzene rings is 2. The third-order valence-corrected chi connectivity index (χ3v) is 10.2. The molecule has 2 aromatic carbocycles. The average molecular weight is 520 g/mol. The molecule has 0 radical (unpaired) electrons. The molecule has 0 fully saturated rings. The van der Waals surface area contributed by atoms with Crippen molar-refractivity contribution in [3.63, 3.8) is 0 Å². The predicted octanol–water partition coefficient (Wildman–Crippen LogP) is -2.84. The fourth-order valence-electron chi connectivity index (χ4n) is 4.04. The topological polar surface area (TPSA) is 118 Å². The predicted molar refractivity (Wildman–Crippen MR) is 130 cm³/mol. The number of fused-ring (bicyclic) bond motifs is 1. The summed E-state index contributed by atoms with van der Waals surface area (Å²) in [5, 5.41) is 8.78. The third-order valence-electron chi connectivity index (χ3n) is 5.80. The summed E-state index contributed by atoms with van der Waals surface area (Å²) in [6, 6.07) is 12.9. The Balaban J connectivity index is 0.00000306. The van der Waals surface area contributed by atoms with E-state index in [1.54, 1.807) is 24.3 Å². The molecule has 1 heterocycles. The first-order chi connectivity index (χ1) is 15.1. The van der Waals surface area contributed by atoms with Crippen LogP contribution in [0.25, 0.3) is 6.08 Å². The molecule has 0 aromatic heterocycles. The van der Waals surface area contributed by atoms with Crippen LogP contribution in [-0.2, 0) is 33.1 Å². The standard InChI is InChI=1S/C23H25N3O4S2.2Na.2H/c1-17-8-10-18(11-9-17)12-13-20-6-2-3-14-23(20,31(24,27)28)32(29,30)26-22-7-4-5-19-15-25-16-21(19)22;;;;/h2-13,25-26H,14-16H2,1H3,(H2,24,27,28);;;;/q;2*+1;2*-1. The Hall–Kier alpha value is -0.720. The number of primary sulfonamides is 1. The molecular weight excluding hydrogens is 492 g/mol. The quantitative estimate of drug-likeness (QED) is 0.356. The van der Waals surface area contributed by atoms with Gasteiger partial charge in [0.05, 0.1) is 5.69 Å². The van der Waals surface area contributed by atoms with E-state index >= 15 is 0 Å². The van der Waals surface area contributed by atoms with Crippen molar-refractivity contribution in [2.24, 2.45) is 5.14 Å². The normalized spacial score (nSPS) is 19.6. The van der Waals surface area contributed by atoms with Gasteiger partial charge in [0.25, 0.3) is 10.0 Å². The molecule has 0 amide bonds. The van der Waals surface area contributed by atoms with Crippen molar-refractivity contribution in [3.05, 3.63) is 94.6 Å². The van der Waals surface area contributed by atoms with Crippen molar-refractivity contribution in [2.75, 3.05) is 4.72 Å². The van der Waals surface area contributed by atoms with E-state index in [4.69, 9.17) is 5.14 Å². The first-order valence-electron chi connectivity index (χ1n) is 10.1. The van der Waals surface area contributed by atoms with Gasteiger partial charge < -0.3 is 8.17 Å². The molecule has 1 aliphatic heterocycles. The summed E-state index contributed by atoms with van der Waals surface area (Å²) in [5.41, 5.74) is 4.10. The second kappa shape index (κ2) is 11.6. The van der Waals surface area contributed by atoms with Gasteiger partial charge in [0.15, 0.2) is 0 Å². The first kappa shape index (κ1) is 29.5. The van der Waals surface area contributed by atoms with Gasteiger partial charge in [0, 0.05) is 19.5 Å². The maximum Gasteiger partial charge on any atom is 1.00 e. The molecule has 1 aliphatic carbocycles. The number of hydrogen-bond donors (Lipinski definition) is 3. The van der Waals surface area contributed by atoms with E-state index in [-0.39, 0.29) is 74.0 Å². The van der Waals surface area contributed by atoms with Crippen LogP contribution in [0, 0.1) is 6.92 Å². The molecule has 2 aliphatic rings. The zero-order chi connectivity index (χ0) is 23.0. The minimum Gasteiger partial charge on any atom is -1.00 e. The van der Waals surface area contributed by atoms with Gasteiger partial charge in [-0.15, -0.1) is 0 Å². The Morgan fingerprint density at radius 1 is 1.03 bits per heavy atom. The van der Waals surface area contributed by atoms with Crippen LogP contribution < -0.4 is 74.3 Å². The van der Waals surface area contributed by atoms with Crippen molar-refractivity contribution >= 4 is 31.8 Å². The molecule has 11 heteroatoms. The zero-order valence-electron chi connectivity index (χ0n) is 21.6. The van der Waals surface area contributed by atoms with Crippen molar-refractivity contribution in [3.8, 4) is 0 Å². The van der Waals surface area contributed by atoms with Gasteiger partial charge in [-0.05, 0) is 35.3 Å². The SMILES string of the molecule is Cc1ccc(C=CC2=CC=CCC2(S(N)(=O)=O)S(=O)(=O)Nc2cccc3c2CNC3)cc1.[H-].[H-].[Na+].[Na+]. The maximum absolute atomic E-state index is 13.7. The second-order valence-electron chi connectivity index (χ2n) is 7.95. The number of aryl methyl sites for hydroxylation is 1. The Bertz CT molecular complexity index is 1360. The van der Waals surface area contributed by atoms with Crippen LogP contribution in [0.3, 0.4) is 0 Å². The molecule has 0 bridgehead atoms. The summed E-state index contributed by atoms with van der Waals surface area (Å²) in [7, 11) is -9.08. The van der Waals surface area contributed by atoms with Crippen molar-refractivity contribution < 1.29 is 78.8 Å². The molecule has 2 aromatic rings. The number of hydrogen-bond acceptors (Lipinski definition) is 5. The van der Waals surface area contributed by atoms with Crippen LogP contribution in [0.15, 0.2) is 72.3 Å². The molecule has 0 spiro atoms. The second-order valence-corrected chi connectivity index (χ2v) is 11.9. The Morgan fingerprint density at radius 3 is 2.41 bits per heavy atom. The molecule has 1 unspecified atom stereocenters.